The fourth-order valence-corrected chi connectivity index (χ4v) is 3.39. The highest BCUT2D eigenvalue weighted by Gasteiger charge is 2.30. The van der Waals surface area contributed by atoms with Crippen molar-refractivity contribution < 1.29 is 33.0 Å². The number of hydrogen-bond donors (Lipinski definition) is 0. The van der Waals surface area contributed by atoms with Gasteiger partial charge in [-0.2, -0.15) is 0 Å². The molecule has 0 radical (unpaired) electrons. The van der Waals surface area contributed by atoms with Crippen LogP contribution in [0.15, 0.2) is 42.5 Å². The predicted molar refractivity (Wildman–Crippen MR) is 108 cm³/mol. The molecule has 0 bridgehead atoms. The summed E-state index contributed by atoms with van der Waals surface area (Å²) in [4.78, 5) is 40.7. The van der Waals surface area contributed by atoms with Gasteiger partial charge in [0.2, 0.25) is 5.91 Å². The number of hydrogen-bond acceptors (Lipinski definition) is 6. The van der Waals surface area contributed by atoms with E-state index >= 15 is 0 Å². The highest BCUT2D eigenvalue weighted by molar-refractivity contribution is 6.04. The molecular formula is C22H21FN2O6. The van der Waals surface area contributed by atoms with E-state index in [2.05, 4.69) is 0 Å². The molecule has 2 amide bonds. The zero-order chi connectivity index (χ0) is 21.8. The molecular weight excluding hydrogens is 407 g/mol. The SMILES string of the molecule is O=C(COc1ccccc1F)c1ccc2c(c1)N(CC(=O)N1CCOCC1)C(=O)CO2. The molecule has 2 aromatic carbocycles. The third kappa shape index (κ3) is 4.66. The number of carbonyl (C=O) groups excluding carboxylic acids is 3. The molecule has 0 aliphatic carbocycles. The normalized spacial score (nSPS) is 15.8. The minimum Gasteiger partial charge on any atom is -0.482 e. The van der Waals surface area contributed by atoms with Gasteiger partial charge in [-0.1, -0.05) is 12.1 Å². The van der Waals surface area contributed by atoms with Crippen LogP contribution in [0.1, 0.15) is 10.4 Å². The smallest absolute Gasteiger partial charge is 0.265 e. The Morgan fingerprint density at radius 3 is 2.65 bits per heavy atom. The summed E-state index contributed by atoms with van der Waals surface area (Å²) in [7, 11) is 0. The lowest BCUT2D eigenvalue weighted by molar-refractivity contribution is -0.135. The summed E-state index contributed by atoms with van der Waals surface area (Å²) in [6.45, 7) is 1.14. The number of nitrogens with zero attached hydrogens (tertiary/aromatic N) is 2. The number of morpholine rings is 1. The van der Waals surface area contributed by atoms with E-state index in [1.54, 1.807) is 23.1 Å². The van der Waals surface area contributed by atoms with E-state index in [9.17, 15) is 18.8 Å². The lowest BCUT2D eigenvalue weighted by atomic mass is 10.1. The number of fused-ring (bicyclic) bond motifs is 1. The molecule has 0 unspecified atom stereocenters. The van der Waals surface area contributed by atoms with Gasteiger partial charge in [0.25, 0.3) is 5.91 Å². The van der Waals surface area contributed by atoms with Crippen molar-refractivity contribution in [2.24, 2.45) is 0 Å². The van der Waals surface area contributed by atoms with Crippen molar-refractivity contribution in [2.75, 3.05) is 51.0 Å². The van der Waals surface area contributed by atoms with E-state index in [0.29, 0.717) is 37.7 Å². The van der Waals surface area contributed by atoms with Crippen LogP contribution < -0.4 is 14.4 Å². The molecule has 0 saturated carbocycles. The Kier molecular flexibility index (Phi) is 6.13. The first-order valence-electron chi connectivity index (χ1n) is 9.86. The summed E-state index contributed by atoms with van der Waals surface area (Å²) < 4.78 is 29.7. The number of benzene rings is 2. The molecule has 1 saturated heterocycles. The van der Waals surface area contributed by atoms with E-state index in [1.807, 2.05) is 0 Å². The van der Waals surface area contributed by atoms with Crippen molar-refractivity contribution in [3.63, 3.8) is 0 Å². The van der Waals surface area contributed by atoms with Crippen LogP contribution in [-0.2, 0) is 14.3 Å². The van der Waals surface area contributed by atoms with Crippen LogP contribution >= 0.6 is 0 Å². The second-order valence-electron chi connectivity index (χ2n) is 7.09. The van der Waals surface area contributed by atoms with Crippen LogP contribution in [-0.4, -0.2) is 68.6 Å². The minimum atomic E-state index is -0.562. The Labute approximate surface area is 178 Å². The van der Waals surface area contributed by atoms with Gasteiger partial charge in [0, 0.05) is 18.7 Å². The second-order valence-corrected chi connectivity index (χ2v) is 7.09. The van der Waals surface area contributed by atoms with E-state index in [0.717, 1.165) is 0 Å². The predicted octanol–water partition coefficient (Wildman–Crippen LogP) is 1.67. The number of carbonyl (C=O) groups is 3. The van der Waals surface area contributed by atoms with E-state index in [-0.39, 0.29) is 42.9 Å². The van der Waals surface area contributed by atoms with Gasteiger partial charge >= 0.3 is 0 Å². The van der Waals surface area contributed by atoms with Crippen molar-refractivity contribution in [2.45, 2.75) is 0 Å². The van der Waals surface area contributed by atoms with Crippen molar-refractivity contribution >= 4 is 23.3 Å². The average Bonchev–Trinajstić information content (AvgIpc) is 2.80. The maximum atomic E-state index is 13.7. The Bertz CT molecular complexity index is 1010. The van der Waals surface area contributed by atoms with Crippen LogP contribution in [0.25, 0.3) is 0 Å². The van der Waals surface area contributed by atoms with Crippen molar-refractivity contribution in [3.8, 4) is 11.5 Å². The molecule has 1 fully saturated rings. The maximum absolute atomic E-state index is 13.7. The van der Waals surface area contributed by atoms with Crippen molar-refractivity contribution in [3.05, 3.63) is 53.8 Å². The third-order valence-corrected chi connectivity index (χ3v) is 5.08. The van der Waals surface area contributed by atoms with Crippen LogP contribution in [0.4, 0.5) is 10.1 Å². The number of rotatable bonds is 6. The van der Waals surface area contributed by atoms with Crippen LogP contribution in [0, 0.1) is 5.82 Å². The zero-order valence-electron chi connectivity index (χ0n) is 16.7. The number of amides is 2. The third-order valence-electron chi connectivity index (χ3n) is 5.08. The summed E-state index contributed by atoms with van der Waals surface area (Å²) in [5.74, 6) is -1.16. The highest BCUT2D eigenvalue weighted by atomic mass is 19.1. The number of ether oxygens (including phenoxy) is 3. The van der Waals surface area contributed by atoms with E-state index in [4.69, 9.17) is 14.2 Å². The van der Waals surface area contributed by atoms with E-state index in [1.165, 1.54) is 29.2 Å². The quantitative estimate of drug-likeness (QED) is 0.651. The largest absolute Gasteiger partial charge is 0.482 e. The summed E-state index contributed by atoms with van der Waals surface area (Å²) in [6, 6.07) is 10.4. The van der Waals surface area contributed by atoms with Crippen LogP contribution in [0.2, 0.25) is 0 Å². The lowest BCUT2D eigenvalue weighted by Crippen LogP contribution is -2.49. The van der Waals surface area contributed by atoms with E-state index < -0.39 is 11.6 Å². The van der Waals surface area contributed by atoms with Gasteiger partial charge < -0.3 is 19.1 Å². The second kappa shape index (κ2) is 9.13. The number of halogens is 1. The zero-order valence-corrected chi connectivity index (χ0v) is 16.7. The van der Waals surface area contributed by atoms with Gasteiger partial charge in [0.15, 0.2) is 30.6 Å². The molecule has 0 aromatic heterocycles. The molecule has 0 N–H and O–H groups in total. The van der Waals surface area contributed by atoms with Gasteiger partial charge in [-0.3, -0.25) is 19.3 Å². The molecule has 2 aromatic rings. The molecule has 2 heterocycles. The summed E-state index contributed by atoms with van der Waals surface area (Å²) in [5.41, 5.74) is 0.604. The van der Waals surface area contributed by atoms with Crippen molar-refractivity contribution in [1.29, 1.82) is 0 Å². The molecule has 9 heteroatoms. The molecule has 0 atom stereocenters. The fraction of sp³-hybridized carbons (Fsp3) is 0.318. The number of ketones is 1. The number of anilines is 1. The van der Waals surface area contributed by atoms with Crippen LogP contribution in [0.5, 0.6) is 11.5 Å². The molecule has 162 valence electrons. The van der Waals surface area contributed by atoms with Crippen molar-refractivity contribution in [1.82, 2.24) is 4.90 Å². The lowest BCUT2D eigenvalue weighted by Gasteiger charge is -2.32. The molecule has 0 spiro atoms. The van der Waals surface area contributed by atoms with Gasteiger partial charge in [0.05, 0.1) is 18.9 Å². The van der Waals surface area contributed by atoms with Gasteiger partial charge in [0.1, 0.15) is 12.3 Å². The Balaban J connectivity index is 1.49. The number of para-hydroxylation sites is 1. The Hall–Kier alpha value is -3.46. The first kappa shape index (κ1) is 20.8. The highest BCUT2D eigenvalue weighted by Crippen LogP contribution is 2.33. The summed E-state index contributed by atoms with van der Waals surface area (Å²) in [5, 5.41) is 0. The topological polar surface area (TPSA) is 85.4 Å². The van der Waals surface area contributed by atoms with Gasteiger partial charge in [-0.25, -0.2) is 4.39 Å². The number of Topliss-reactive ketones (excluding diaryl/α,β-unsaturated/α-hetero) is 1. The van der Waals surface area contributed by atoms with Gasteiger partial charge in [-0.05, 0) is 30.3 Å². The first-order chi connectivity index (χ1) is 15.0. The molecule has 2 aliphatic heterocycles. The fourth-order valence-electron chi connectivity index (χ4n) is 3.39. The molecule has 8 nitrogen and oxygen atoms in total. The summed E-state index contributed by atoms with van der Waals surface area (Å²) in [6.07, 6.45) is 0. The maximum Gasteiger partial charge on any atom is 0.265 e. The van der Waals surface area contributed by atoms with Crippen LogP contribution in [0.3, 0.4) is 0 Å². The Morgan fingerprint density at radius 1 is 1.10 bits per heavy atom. The monoisotopic (exact) mass is 428 g/mol. The molecule has 4 rings (SSSR count). The molecule has 2 aliphatic rings. The Morgan fingerprint density at radius 2 is 1.87 bits per heavy atom. The molecule has 31 heavy (non-hydrogen) atoms. The standard InChI is InChI=1S/C22H21FN2O6/c23-16-3-1-2-4-19(16)30-13-18(26)15-5-6-20-17(11-15)25(22(28)14-31-20)12-21(27)24-7-9-29-10-8-24/h1-6,11H,7-10,12-14H2. The average molecular weight is 428 g/mol. The first-order valence-corrected chi connectivity index (χ1v) is 9.86. The minimum absolute atomic E-state index is 0.0231. The summed E-state index contributed by atoms with van der Waals surface area (Å²) >= 11 is 0. The van der Waals surface area contributed by atoms with Gasteiger partial charge in [-0.15, -0.1) is 0 Å².